The number of hydrogen-bond acceptors (Lipinski definition) is 3. The van der Waals surface area contributed by atoms with Gasteiger partial charge in [-0.3, -0.25) is 9.69 Å². The summed E-state index contributed by atoms with van der Waals surface area (Å²) in [4.78, 5) is 13.5. The molecule has 19 heavy (non-hydrogen) atoms. The first-order chi connectivity index (χ1) is 9.22. The maximum absolute atomic E-state index is 11.5. The van der Waals surface area contributed by atoms with Crippen LogP contribution in [-0.4, -0.2) is 44.1 Å². The number of para-hydroxylation sites is 1. The van der Waals surface area contributed by atoms with Gasteiger partial charge in [-0.2, -0.15) is 0 Å². The van der Waals surface area contributed by atoms with Gasteiger partial charge in [-0.25, -0.2) is 0 Å². The van der Waals surface area contributed by atoms with Crippen molar-refractivity contribution < 1.29 is 9.53 Å². The third-order valence-corrected chi connectivity index (χ3v) is 2.68. The molecule has 0 spiro atoms. The van der Waals surface area contributed by atoms with E-state index in [9.17, 15) is 4.79 Å². The second-order valence-electron chi connectivity index (χ2n) is 4.60. The molecule has 4 nitrogen and oxygen atoms in total. The third-order valence-electron chi connectivity index (χ3n) is 2.68. The summed E-state index contributed by atoms with van der Waals surface area (Å²) in [6.45, 7) is 4.78. The average Bonchev–Trinajstić information content (AvgIpc) is 2.42. The lowest BCUT2D eigenvalue weighted by Gasteiger charge is -2.16. The van der Waals surface area contributed by atoms with E-state index < -0.39 is 0 Å². The Kier molecular flexibility index (Phi) is 7.66. The van der Waals surface area contributed by atoms with Gasteiger partial charge in [0, 0.05) is 13.1 Å². The SMILES string of the molecule is CCCNC(=O)CN(C)CCCOc1ccccc1. The number of rotatable bonds is 9. The summed E-state index contributed by atoms with van der Waals surface area (Å²) in [6, 6.07) is 9.78. The number of hydrogen-bond donors (Lipinski definition) is 1. The Morgan fingerprint density at radius 1 is 1.32 bits per heavy atom. The van der Waals surface area contributed by atoms with E-state index in [2.05, 4.69) is 5.32 Å². The van der Waals surface area contributed by atoms with Gasteiger partial charge < -0.3 is 10.1 Å². The first-order valence-corrected chi connectivity index (χ1v) is 6.85. The summed E-state index contributed by atoms with van der Waals surface area (Å²) in [5.74, 6) is 0.985. The highest BCUT2D eigenvalue weighted by Crippen LogP contribution is 2.08. The van der Waals surface area contributed by atoms with Crippen molar-refractivity contribution >= 4 is 5.91 Å². The summed E-state index contributed by atoms with van der Waals surface area (Å²) in [5, 5.41) is 2.87. The monoisotopic (exact) mass is 264 g/mol. The molecule has 0 aliphatic rings. The van der Waals surface area contributed by atoms with Crippen molar-refractivity contribution in [1.29, 1.82) is 0 Å². The number of nitrogens with one attached hydrogen (secondary N) is 1. The minimum atomic E-state index is 0.0910. The molecule has 0 fully saturated rings. The van der Waals surface area contributed by atoms with Gasteiger partial charge in [0.25, 0.3) is 0 Å². The number of nitrogens with zero attached hydrogens (tertiary/aromatic N) is 1. The molecule has 1 amide bonds. The van der Waals surface area contributed by atoms with E-state index in [1.54, 1.807) is 0 Å². The molecule has 0 aliphatic carbocycles. The van der Waals surface area contributed by atoms with E-state index in [-0.39, 0.29) is 5.91 Å². The Hall–Kier alpha value is -1.55. The minimum Gasteiger partial charge on any atom is -0.494 e. The summed E-state index contributed by atoms with van der Waals surface area (Å²) in [6.07, 6.45) is 1.88. The van der Waals surface area contributed by atoms with Crippen molar-refractivity contribution in [3.05, 3.63) is 30.3 Å². The van der Waals surface area contributed by atoms with Crippen LogP contribution in [0.4, 0.5) is 0 Å². The quantitative estimate of drug-likeness (QED) is 0.693. The Morgan fingerprint density at radius 3 is 2.74 bits per heavy atom. The van der Waals surface area contributed by atoms with Gasteiger partial charge in [0.1, 0.15) is 5.75 Å². The highest BCUT2D eigenvalue weighted by Gasteiger charge is 2.05. The van der Waals surface area contributed by atoms with Gasteiger partial charge in [0.05, 0.1) is 13.2 Å². The van der Waals surface area contributed by atoms with Crippen LogP contribution in [0.5, 0.6) is 5.75 Å². The van der Waals surface area contributed by atoms with E-state index in [1.165, 1.54) is 0 Å². The lowest BCUT2D eigenvalue weighted by molar-refractivity contribution is -0.121. The molecule has 1 rings (SSSR count). The van der Waals surface area contributed by atoms with Crippen LogP contribution in [0.1, 0.15) is 19.8 Å². The van der Waals surface area contributed by atoms with Crippen molar-refractivity contribution in [2.75, 3.05) is 33.3 Å². The van der Waals surface area contributed by atoms with Gasteiger partial charge >= 0.3 is 0 Å². The zero-order valence-electron chi connectivity index (χ0n) is 11.9. The fourth-order valence-corrected chi connectivity index (χ4v) is 1.69. The van der Waals surface area contributed by atoms with Crippen molar-refractivity contribution in [3.8, 4) is 5.75 Å². The van der Waals surface area contributed by atoms with Crippen LogP contribution in [-0.2, 0) is 4.79 Å². The van der Waals surface area contributed by atoms with E-state index in [0.29, 0.717) is 13.2 Å². The predicted octanol–water partition coefficient (Wildman–Crippen LogP) is 1.91. The lowest BCUT2D eigenvalue weighted by atomic mass is 10.3. The molecule has 1 aromatic carbocycles. The van der Waals surface area contributed by atoms with Crippen molar-refractivity contribution in [1.82, 2.24) is 10.2 Å². The largest absolute Gasteiger partial charge is 0.494 e. The van der Waals surface area contributed by atoms with E-state index in [0.717, 1.165) is 31.7 Å². The Labute approximate surface area is 115 Å². The van der Waals surface area contributed by atoms with Crippen LogP contribution >= 0.6 is 0 Å². The van der Waals surface area contributed by atoms with Crippen LogP contribution in [0.25, 0.3) is 0 Å². The fourth-order valence-electron chi connectivity index (χ4n) is 1.69. The van der Waals surface area contributed by atoms with E-state index >= 15 is 0 Å². The first-order valence-electron chi connectivity index (χ1n) is 6.85. The summed E-state index contributed by atoms with van der Waals surface area (Å²) in [5.41, 5.74) is 0. The molecule has 4 heteroatoms. The second kappa shape index (κ2) is 9.39. The molecule has 0 aliphatic heterocycles. The average molecular weight is 264 g/mol. The number of ether oxygens (including phenoxy) is 1. The van der Waals surface area contributed by atoms with Crippen LogP contribution in [0.2, 0.25) is 0 Å². The molecular formula is C15H24N2O2. The van der Waals surface area contributed by atoms with E-state index in [1.807, 2.05) is 49.2 Å². The second-order valence-corrected chi connectivity index (χ2v) is 4.60. The van der Waals surface area contributed by atoms with Crippen LogP contribution < -0.4 is 10.1 Å². The standard InChI is InChI=1S/C15H24N2O2/c1-3-10-16-15(18)13-17(2)11-7-12-19-14-8-5-4-6-9-14/h4-6,8-9H,3,7,10-13H2,1-2H3,(H,16,18). The molecule has 0 heterocycles. The van der Waals surface area contributed by atoms with Crippen LogP contribution in [0.15, 0.2) is 30.3 Å². The Bertz CT molecular complexity index is 354. The number of benzene rings is 1. The maximum atomic E-state index is 11.5. The zero-order valence-corrected chi connectivity index (χ0v) is 11.9. The smallest absolute Gasteiger partial charge is 0.234 e. The predicted molar refractivity (Wildman–Crippen MR) is 77.4 cm³/mol. The van der Waals surface area contributed by atoms with Gasteiger partial charge in [-0.1, -0.05) is 25.1 Å². The number of amides is 1. The number of carbonyl (C=O) groups excluding carboxylic acids is 1. The summed E-state index contributed by atoms with van der Waals surface area (Å²) >= 11 is 0. The van der Waals surface area contributed by atoms with Gasteiger partial charge in [-0.15, -0.1) is 0 Å². The first kappa shape index (κ1) is 15.5. The summed E-state index contributed by atoms with van der Waals surface area (Å²) in [7, 11) is 1.95. The van der Waals surface area contributed by atoms with Gasteiger partial charge in [0.2, 0.25) is 5.91 Å². The number of carbonyl (C=O) groups is 1. The maximum Gasteiger partial charge on any atom is 0.234 e. The molecule has 1 aromatic rings. The third kappa shape index (κ3) is 7.47. The van der Waals surface area contributed by atoms with Gasteiger partial charge in [0.15, 0.2) is 0 Å². The molecule has 0 saturated heterocycles. The molecule has 1 N–H and O–H groups in total. The summed E-state index contributed by atoms with van der Waals surface area (Å²) < 4.78 is 5.60. The molecule has 106 valence electrons. The zero-order chi connectivity index (χ0) is 13.9. The number of likely N-dealkylation sites (N-methyl/N-ethyl adjacent to an activating group) is 1. The van der Waals surface area contributed by atoms with Crippen molar-refractivity contribution in [3.63, 3.8) is 0 Å². The Morgan fingerprint density at radius 2 is 2.05 bits per heavy atom. The fraction of sp³-hybridized carbons (Fsp3) is 0.533. The van der Waals surface area contributed by atoms with Gasteiger partial charge in [-0.05, 0) is 32.0 Å². The molecule has 0 atom stereocenters. The molecule has 0 saturated carbocycles. The van der Waals surface area contributed by atoms with E-state index in [4.69, 9.17) is 4.74 Å². The van der Waals surface area contributed by atoms with Crippen molar-refractivity contribution in [2.45, 2.75) is 19.8 Å². The molecular weight excluding hydrogens is 240 g/mol. The highest BCUT2D eigenvalue weighted by molar-refractivity contribution is 5.77. The van der Waals surface area contributed by atoms with Crippen molar-refractivity contribution in [2.24, 2.45) is 0 Å². The minimum absolute atomic E-state index is 0.0910. The molecule has 0 radical (unpaired) electrons. The lowest BCUT2D eigenvalue weighted by Crippen LogP contribution is -2.36. The molecule has 0 bridgehead atoms. The molecule has 0 unspecified atom stereocenters. The normalized spacial score (nSPS) is 10.5. The van der Waals surface area contributed by atoms with Crippen LogP contribution in [0, 0.1) is 0 Å². The highest BCUT2D eigenvalue weighted by atomic mass is 16.5. The molecule has 0 aromatic heterocycles. The topological polar surface area (TPSA) is 41.6 Å². The van der Waals surface area contributed by atoms with Crippen LogP contribution in [0.3, 0.4) is 0 Å². The Balaban J connectivity index is 2.07.